The molecule has 1 rings (SSSR count). The molecule has 0 aliphatic carbocycles. The first-order chi connectivity index (χ1) is 7.49. The Labute approximate surface area is 99.8 Å². The van der Waals surface area contributed by atoms with Gasteiger partial charge in [0.15, 0.2) is 12.1 Å². The molecular formula is C11H9BrF2O2. The Kier molecular flexibility index (Phi) is 4.29. The predicted octanol–water partition coefficient (Wildman–Crippen LogP) is 3.40. The second kappa shape index (κ2) is 5.30. The summed E-state index contributed by atoms with van der Waals surface area (Å²) in [5.74, 6) is -0.385. The van der Waals surface area contributed by atoms with Crippen molar-refractivity contribution < 1.29 is 18.4 Å². The van der Waals surface area contributed by atoms with Gasteiger partial charge in [0.25, 0.3) is 6.43 Å². The molecule has 0 aliphatic heterocycles. The number of hydrogen-bond acceptors (Lipinski definition) is 2. The van der Waals surface area contributed by atoms with Crippen LogP contribution in [-0.2, 0) is 0 Å². The minimum Gasteiger partial charge on any atom is -0.298 e. The highest BCUT2D eigenvalue weighted by molar-refractivity contribution is 9.10. The topological polar surface area (TPSA) is 34.1 Å². The normalized spacial score (nSPS) is 12.6. The second-order valence-electron chi connectivity index (χ2n) is 3.21. The van der Waals surface area contributed by atoms with Crippen molar-refractivity contribution in [2.24, 2.45) is 0 Å². The molecule has 0 saturated heterocycles. The van der Waals surface area contributed by atoms with Gasteiger partial charge in [-0.1, -0.05) is 34.1 Å². The molecule has 0 aromatic heterocycles. The highest BCUT2D eigenvalue weighted by atomic mass is 79.9. The molecule has 1 aromatic rings. The van der Waals surface area contributed by atoms with Gasteiger partial charge < -0.3 is 0 Å². The fourth-order valence-electron chi connectivity index (χ4n) is 1.33. The van der Waals surface area contributed by atoms with Crippen molar-refractivity contribution in [2.75, 3.05) is 0 Å². The van der Waals surface area contributed by atoms with Crippen LogP contribution in [0.15, 0.2) is 18.2 Å². The second-order valence-corrected chi connectivity index (χ2v) is 4.58. The van der Waals surface area contributed by atoms with E-state index < -0.39 is 16.8 Å². The molecule has 1 unspecified atom stereocenters. The number of ketones is 1. The van der Waals surface area contributed by atoms with E-state index in [1.807, 2.05) is 0 Å². The summed E-state index contributed by atoms with van der Waals surface area (Å²) in [6, 6.07) is 3.86. The number of halogens is 3. The lowest BCUT2D eigenvalue weighted by Gasteiger charge is -2.09. The SMILES string of the molecule is CC(Br)C(=O)c1cccc(C(F)F)c1C=O. The van der Waals surface area contributed by atoms with E-state index in [0.29, 0.717) is 6.29 Å². The summed E-state index contributed by atoms with van der Waals surface area (Å²) in [5.41, 5.74) is -0.611. The van der Waals surface area contributed by atoms with Crippen LogP contribution >= 0.6 is 15.9 Å². The van der Waals surface area contributed by atoms with Gasteiger partial charge >= 0.3 is 0 Å². The lowest BCUT2D eigenvalue weighted by molar-refractivity contribution is 0.0986. The highest BCUT2D eigenvalue weighted by Gasteiger charge is 2.21. The average molecular weight is 291 g/mol. The summed E-state index contributed by atoms with van der Waals surface area (Å²) < 4.78 is 25.2. The van der Waals surface area contributed by atoms with E-state index in [9.17, 15) is 18.4 Å². The van der Waals surface area contributed by atoms with Crippen LogP contribution in [0, 0.1) is 0 Å². The predicted molar refractivity (Wildman–Crippen MR) is 59.5 cm³/mol. The number of rotatable bonds is 4. The third-order valence-electron chi connectivity index (χ3n) is 2.12. The minimum atomic E-state index is -2.77. The van der Waals surface area contributed by atoms with Crippen LogP contribution in [0.25, 0.3) is 0 Å². The maximum atomic E-state index is 12.6. The van der Waals surface area contributed by atoms with Crippen LogP contribution < -0.4 is 0 Å². The van der Waals surface area contributed by atoms with Crippen molar-refractivity contribution in [1.29, 1.82) is 0 Å². The van der Waals surface area contributed by atoms with E-state index in [4.69, 9.17) is 0 Å². The van der Waals surface area contributed by atoms with Crippen LogP contribution in [0.4, 0.5) is 8.78 Å². The first kappa shape index (κ1) is 13.0. The fraction of sp³-hybridized carbons (Fsp3) is 0.273. The average Bonchev–Trinajstić information content (AvgIpc) is 2.26. The molecule has 1 atom stereocenters. The molecule has 16 heavy (non-hydrogen) atoms. The Morgan fingerprint density at radius 3 is 2.50 bits per heavy atom. The van der Waals surface area contributed by atoms with Gasteiger partial charge in [-0.2, -0.15) is 0 Å². The number of Topliss-reactive ketones (excluding diaryl/α,β-unsaturated/α-hetero) is 1. The van der Waals surface area contributed by atoms with Crippen molar-refractivity contribution in [3.63, 3.8) is 0 Å². The maximum absolute atomic E-state index is 12.6. The molecule has 2 nitrogen and oxygen atoms in total. The van der Waals surface area contributed by atoms with E-state index in [-0.39, 0.29) is 16.9 Å². The lowest BCUT2D eigenvalue weighted by Crippen LogP contribution is -2.14. The van der Waals surface area contributed by atoms with Crippen molar-refractivity contribution in [3.8, 4) is 0 Å². The smallest absolute Gasteiger partial charge is 0.264 e. The molecule has 0 saturated carbocycles. The number of alkyl halides is 3. The van der Waals surface area contributed by atoms with E-state index in [1.54, 1.807) is 6.92 Å². The van der Waals surface area contributed by atoms with Gasteiger partial charge in [0, 0.05) is 16.7 Å². The lowest BCUT2D eigenvalue weighted by atomic mass is 9.98. The van der Waals surface area contributed by atoms with Crippen LogP contribution in [0.2, 0.25) is 0 Å². The molecule has 0 bridgehead atoms. The zero-order valence-electron chi connectivity index (χ0n) is 8.41. The van der Waals surface area contributed by atoms with Gasteiger partial charge in [-0.3, -0.25) is 9.59 Å². The third kappa shape index (κ3) is 2.52. The van der Waals surface area contributed by atoms with Gasteiger partial charge in [0.1, 0.15) is 0 Å². The molecule has 0 N–H and O–H groups in total. The number of hydrogen-bond donors (Lipinski definition) is 0. The Morgan fingerprint density at radius 1 is 1.44 bits per heavy atom. The van der Waals surface area contributed by atoms with Crippen molar-refractivity contribution in [3.05, 3.63) is 34.9 Å². The van der Waals surface area contributed by atoms with E-state index in [1.165, 1.54) is 12.1 Å². The van der Waals surface area contributed by atoms with E-state index in [2.05, 4.69) is 15.9 Å². The van der Waals surface area contributed by atoms with Crippen LogP contribution in [0.5, 0.6) is 0 Å². The Balaban J connectivity index is 3.35. The van der Waals surface area contributed by atoms with Gasteiger partial charge in [-0.15, -0.1) is 0 Å². The molecule has 0 spiro atoms. The quantitative estimate of drug-likeness (QED) is 0.484. The van der Waals surface area contributed by atoms with Gasteiger partial charge in [0.05, 0.1) is 4.83 Å². The third-order valence-corrected chi connectivity index (χ3v) is 2.54. The summed E-state index contributed by atoms with van der Waals surface area (Å²) in [4.78, 5) is 21.9. The Morgan fingerprint density at radius 2 is 2.06 bits per heavy atom. The largest absolute Gasteiger partial charge is 0.298 e. The molecule has 0 heterocycles. The monoisotopic (exact) mass is 290 g/mol. The maximum Gasteiger partial charge on any atom is 0.264 e. The Bertz CT molecular complexity index is 416. The van der Waals surface area contributed by atoms with Gasteiger partial charge in [-0.05, 0) is 6.92 Å². The molecule has 0 radical (unpaired) electrons. The van der Waals surface area contributed by atoms with E-state index in [0.717, 1.165) is 6.07 Å². The standard InChI is InChI=1S/C11H9BrF2O2/c1-6(12)10(16)7-3-2-4-8(11(13)14)9(7)5-15/h2-6,11H,1H3. The molecule has 1 aromatic carbocycles. The number of carbonyl (C=O) groups excluding carboxylic acids is 2. The molecule has 0 aliphatic rings. The number of benzene rings is 1. The molecular weight excluding hydrogens is 282 g/mol. The van der Waals surface area contributed by atoms with Crippen molar-refractivity contribution >= 4 is 28.0 Å². The fourth-order valence-corrected chi connectivity index (χ4v) is 1.58. The van der Waals surface area contributed by atoms with Crippen molar-refractivity contribution in [1.82, 2.24) is 0 Å². The highest BCUT2D eigenvalue weighted by Crippen LogP contribution is 2.25. The summed E-state index contributed by atoms with van der Waals surface area (Å²) in [7, 11) is 0. The number of aldehydes is 1. The first-order valence-electron chi connectivity index (χ1n) is 4.53. The van der Waals surface area contributed by atoms with E-state index >= 15 is 0 Å². The number of carbonyl (C=O) groups is 2. The van der Waals surface area contributed by atoms with Crippen LogP contribution in [-0.4, -0.2) is 16.9 Å². The molecule has 86 valence electrons. The van der Waals surface area contributed by atoms with Gasteiger partial charge in [-0.25, -0.2) is 8.78 Å². The summed E-state index contributed by atoms with van der Waals surface area (Å²) in [5, 5.41) is 0. The zero-order chi connectivity index (χ0) is 12.3. The van der Waals surface area contributed by atoms with Crippen LogP contribution in [0.3, 0.4) is 0 Å². The molecule has 0 fully saturated rings. The van der Waals surface area contributed by atoms with Crippen LogP contribution in [0.1, 0.15) is 39.6 Å². The first-order valence-corrected chi connectivity index (χ1v) is 5.45. The molecule has 5 heteroatoms. The Hall–Kier alpha value is -1.10. The minimum absolute atomic E-state index is 0.0252. The summed E-state index contributed by atoms with van der Waals surface area (Å²) in [6.07, 6.45) is -2.47. The zero-order valence-corrected chi connectivity index (χ0v) is 10.0. The summed E-state index contributed by atoms with van der Waals surface area (Å²) in [6.45, 7) is 1.58. The summed E-state index contributed by atoms with van der Waals surface area (Å²) >= 11 is 3.05. The van der Waals surface area contributed by atoms with Crippen molar-refractivity contribution in [2.45, 2.75) is 18.2 Å². The van der Waals surface area contributed by atoms with Gasteiger partial charge in [0.2, 0.25) is 0 Å². The molecule has 0 amide bonds.